The topological polar surface area (TPSA) is 351 Å². The van der Waals surface area contributed by atoms with Gasteiger partial charge in [0.1, 0.15) is 33.2 Å². The zero-order valence-corrected chi connectivity index (χ0v) is 36.4. The van der Waals surface area contributed by atoms with Gasteiger partial charge in [0.25, 0.3) is 40.5 Å². The molecule has 2 aromatic heterocycles. The smallest absolute Gasteiger partial charge is 0.295 e. The number of rotatable bonds is 12. The maximum Gasteiger partial charge on any atom is 0.295 e. The first-order valence-electron chi connectivity index (χ1n) is 16.2. The van der Waals surface area contributed by atoms with Crippen LogP contribution >= 0.6 is 33.9 Å². The van der Waals surface area contributed by atoms with E-state index in [9.17, 15) is 62.4 Å². The van der Waals surface area contributed by atoms with Crippen LogP contribution in [-0.4, -0.2) is 56.9 Å². The second kappa shape index (κ2) is 16.9. The van der Waals surface area contributed by atoms with Crippen LogP contribution in [0.25, 0.3) is 10.8 Å². The summed E-state index contributed by atoms with van der Waals surface area (Å²) in [7, 11) is -18.9. The lowest BCUT2D eigenvalue weighted by atomic mass is 10.1. The molecule has 0 aliphatic carbocycles. The summed E-state index contributed by atoms with van der Waals surface area (Å²) in [4.78, 5) is 2.30. The van der Waals surface area contributed by atoms with E-state index in [0.717, 1.165) is 53.8 Å². The Balaban J connectivity index is 1.44. The standard InChI is InChI=1S/C34H22IN9O12S5/c1-17-25(15-36)31(38-18-5-9-21(10-6-18)58(45,46)47)40-32(39-19-7-11-22(12-8-19)59(48,49)50)30(17)42-43-33-26(16-37)29(35)34(57-33)44-41-20-13-24-23(28(14-20)61(54,55)56)3-2-4-27(24)60(51,52)53/h2-14H,1H3,(H2,38,39,40)(H,45,46,47)(H,48,49,50)(H,51,52,53)(H,54,55,56). The van der Waals surface area contributed by atoms with Gasteiger partial charge in [-0.1, -0.05) is 23.5 Å². The van der Waals surface area contributed by atoms with E-state index in [-0.39, 0.29) is 75.4 Å². The highest BCUT2D eigenvalue weighted by Crippen LogP contribution is 2.45. The molecule has 6 N–H and O–H groups in total. The normalized spacial score (nSPS) is 12.5. The number of hydrogen-bond donors (Lipinski definition) is 6. The molecule has 2 heterocycles. The van der Waals surface area contributed by atoms with Crippen molar-refractivity contribution >= 4 is 130 Å². The number of halogens is 1. The van der Waals surface area contributed by atoms with E-state index < -0.39 is 60.1 Å². The van der Waals surface area contributed by atoms with Gasteiger partial charge in [-0.05, 0) is 96.2 Å². The van der Waals surface area contributed by atoms with Crippen LogP contribution in [-0.2, 0) is 40.5 Å². The van der Waals surface area contributed by atoms with Gasteiger partial charge < -0.3 is 10.6 Å². The van der Waals surface area contributed by atoms with Gasteiger partial charge in [0.2, 0.25) is 0 Å². The molecule has 0 aliphatic heterocycles. The van der Waals surface area contributed by atoms with Gasteiger partial charge in [0, 0.05) is 27.7 Å². The predicted octanol–water partition coefficient (Wildman–Crippen LogP) is 8.26. The Kier molecular flexibility index (Phi) is 12.4. The Morgan fingerprint density at radius 1 is 0.623 bits per heavy atom. The van der Waals surface area contributed by atoms with Crippen molar-refractivity contribution in [3.05, 3.63) is 99.1 Å². The largest absolute Gasteiger partial charge is 0.339 e. The van der Waals surface area contributed by atoms with Crippen LogP contribution < -0.4 is 10.6 Å². The number of thiophene rings is 1. The lowest BCUT2D eigenvalue weighted by molar-refractivity contribution is 0.481. The van der Waals surface area contributed by atoms with E-state index in [1.165, 1.54) is 43.3 Å². The Morgan fingerprint density at radius 2 is 1.15 bits per heavy atom. The van der Waals surface area contributed by atoms with Crippen molar-refractivity contribution in [2.24, 2.45) is 20.5 Å². The summed E-state index contributed by atoms with van der Waals surface area (Å²) in [6.07, 6.45) is 0. The predicted molar refractivity (Wildman–Crippen MR) is 226 cm³/mol. The van der Waals surface area contributed by atoms with Gasteiger partial charge in [0.15, 0.2) is 21.6 Å². The zero-order chi connectivity index (χ0) is 44.7. The molecule has 4 aromatic carbocycles. The summed E-state index contributed by atoms with van der Waals surface area (Å²) in [5.41, 5.74) is 0.228. The lowest BCUT2D eigenvalue weighted by Gasteiger charge is -2.16. The first-order chi connectivity index (χ1) is 28.5. The Morgan fingerprint density at radius 3 is 1.66 bits per heavy atom. The molecule has 0 fully saturated rings. The minimum absolute atomic E-state index is 0.0332. The van der Waals surface area contributed by atoms with Crippen molar-refractivity contribution in [3.8, 4) is 12.1 Å². The van der Waals surface area contributed by atoms with Crippen LogP contribution in [0.15, 0.2) is 119 Å². The third-order valence-electron chi connectivity index (χ3n) is 8.24. The molecule has 0 atom stereocenters. The van der Waals surface area contributed by atoms with Gasteiger partial charge in [-0.15, -0.1) is 20.5 Å². The van der Waals surface area contributed by atoms with Crippen molar-refractivity contribution in [3.63, 3.8) is 0 Å². The molecule has 0 bridgehead atoms. The molecule has 21 nitrogen and oxygen atoms in total. The summed E-state index contributed by atoms with van der Waals surface area (Å²) < 4.78 is 134. The van der Waals surface area contributed by atoms with Gasteiger partial charge in [0.05, 0.1) is 24.6 Å². The second-order valence-electron chi connectivity index (χ2n) is 12.2. The molecule has 61 heavy (non-hydrogen) atoms. The first-order valence-corrected chi connectivity index (χ1v) is 23.9. The van der Waals surface area contributed by atoms with Gasteiger partial charge in [-0.25, -0.2) is 4.98 Å². The van der Waals surface area contributed by atoms with Gasteiger partial charge in [-0.2, -0.15) is 44.2 Å². The molecule has 0 unspecified atom stereocenters. The molecule has 0 radical (unpaired) electrons. The molecule has 0 aliphatic rings. The molecule has 6 aromatic rings. The maximum absolute atomic E-state index is 12.3. The summed E-state index contributed by atoms with van der Waals surface area (Å²) in [5, 5.41) is 42.3. The molecular formula is C34H22IN9O12S5. The van der Waals surface area contributed by atoms with E-state index >= 15 is 0 Å². The molecule has 312 valence electrons. The number of nitrogens with one attached hydrogen (secondary N) is 2. The Bertz CT molecular complexity index is 3400. The summed E-state index contributed by atoms with van der Waals surface area (Å²) in [5.74, 6) is -0.131. The number of benzene rings is 4. The SMILES string of the molecule is Cc1c(C#N)c(Nc2ccc(S(=O)(=O)O)cc2)nc(Nc2ccc(S(=O)(=O)O)cc2)c1N=Nc1sc(N=Nc2cc(S(=O)(=O)O)c3cccc(S(=O)(=O)O)c3c2)c(I)c1C#N. The third kappa shape index (κ3) is 9.87. The second-order valence-corrected chi connectivity index (χ2v) is 19.9. The van der Waals surface area contributed by atoms with E-state index in [1.54, 1.807) is 22.6 Å². The molecular weight excluding hydrogens is 1010 g/mol. The number of anilines is 4. The lowest BCUT2D eigenvalue weighted by Crippen LogP contribution is -2.05. The minimum Gasteiger partial charge on any atom is -0.339 e. The monoisotopic (exact) mass is 1030 g/mol. The van der Waals surface area contributed by atoms with E-state index in [4.69, 9.17) is 0 Å². The zero-order valence-electron chi connectivity index (χ0n) is 30.1. The van der Waals surface area contributed by atoms with Crippen molar-refractivity contribution in [2.45, 2.75) is 26.5 Å². The maximum atomic E-state index is 12.3. The summed E-state index contributed by atoms with van der Waals surface area (Å²) in [6.45, 7) is 1.49. The highest BCUT2D eigenvalue weighted by Gasteiger charge is 2.23. The average Bonchev–Trinajstić information content (AvgIpc) is 3.48. The molecule has 0 saturated heterocycles. The van der Waals surface area contributed by atoms with Crippen molar-refractivity contribution in [1.29, 1.82) is 10.5 Å². The van der Waals surface area contributed by atoms with E-state index in [1.807, 2.05) is 12.1 Å². The quantitative estimate of drug-likeness (QED) is 0.0381. The minimum atomic E-state index is -4.96. The van der Waals surface area contributed by atoms with Crippen molar-refractivity contribution < 1.29 is 51.9 Å². The Hall–Kier alpha value is -5.86. The van der Waals surface area contributed by atoms with Crippen LogP contribution in [0.3, 0.4) is 0 Å². The summed E-state index contributed by atoms with van der Waals surface area (Å²) in [6, 6.07) is 19.0. The number of nitrogens with zero attached hydrogens (tertiary/aromatic N) is 7. The molecule has 0 amide bonds. The fraction of sp³-hybridized carbons (Fsp3) is 0.0294. The molecule has 27 heteroatoms. The fourth-order valence-corrected chi connectivity index (χ4v) is 9.62. The number of fused-ring (bicyclic) bond motifs is 1. The van der Waals surface area contributed by atoms with Crippen LogP contribution in [0.1, 0.15) is 16.7 Å². The third-order valence-corrected chi connectivity index (χ3v) is 14.2. The van der Waals surface area contributed by atoms with Crippen molar-refractivity contribution in [1.82, 2.24) is 4.98 Å². The fourth-order valence-electron chi connectivity index (χ4n) is 5.45. The molecule has 6 rings (SSSR count). The number of azo groups is 2. The van der Waals surface area contributed by atoms with Crippen molar-refractivity contribution in [2.75, 3.05) is 10.6 Å². The number of nitriles is 2. The van der Waals surface area contributed by atoms with Crippen LogP contribution in [0.5, 0.6) is 0 Å². The van der Waals surface area contributed by atoms with Gasteiger partial charge >= 0.3 is 0 Å². The Labute approximate surface area is 363 Å². The highest BCUT2D eigenvalue weighted by atomic mass is 127. The first kappa shape index (κ1) is 44.7. The molecule has 0 saturated carbocycles. The van der Waals surface area contributed by atoms with Crippen LogP contribution in [0.4, 0.5) is 44.4 Å². The number of hydrogen-bond acceptors (Lipinski definition) is 18. The van der Waals surface area contributed by atoms with E-state index in [2.05, 4.69) is 36.1 Å². The highest BCUT2D eigenvalue weighted by molar-refractivity contribution is 14.1. The number of aromatic nitrogens is 1. The van der Waals surface area contributed by atoms with Crippen LogP contribution in [0, 0.1) is 33.2 Å². The molecule has 0 spiro atoms. The number of pyridine rings is 1. The average molecular weight is 1040 g/mol. The van der Waals surface area contributed by atoms with E-state index in [0.29, 0.717) is 0 Å². The van der Waals surface area contributed by atoms with Crippen LogP contribution in [0.2, 0.25) is 0 Å². The van der Waals surface area contributed by atoms with Gasteiger partial charge in [-0.3, -0.25) is 18.2 Å². The summed E-state index contributed by atoms with van der Waals surface area (Å²) >= 11 is 2.57.